The van der Waals surface area contributed by atoms with Crippen molar-refractivity contribution in [3.8, 4) is 22.3 Å². The third kappa shape index (κ3) is 3.91. The fourth-order valence-electron chi connectivity index (χ4n) is 9.05. The van der Waals surface area contributed by atoms with Gasteiger partial charge in [-0.25, -0.2) is 0 Å². The van der Waals surface area contributed by atoms with Gasteiger partial charge in [0.05, 0.1) is 5.69 Å². The van der Waals surface area contributed by atoms with Crippen LogP contribution in [0.2, 0.25) is 0 Å². The highest BCUT2D eigenvalue weighted by Gasteiger charge is 2.42. The van der Waals surface area contributed by atoms with Crippen molar-refractivity contribution in [2.45, 2.75) is 52.4 Å². The van der Waals surface area contributed by atoms with Gasteiger partial charge in [0.1, 0.15) is 5.58 Å². The molecule has 0 bridgehead atoms. The molecule has 0 radical (unpaired) electrons. The first kappa shape index (κ1) is 29.3. The number of rotatable bonds is 3. The molecule has 8 aromatic rings. The van der Waals surface area contributed by atoms with Crippen LogP contribution in [0.3, 0.4) is 0 Å². The molecular formula is C48H39NO. The van der Waals surface area contributed by atoms with E-state index in [0.717, 1.165) is 39.0 Å². The summed E-state index contributed by atoms with van der Waals surface area (Å²) in [5.41, 5.74) is 18.4. The zero-order valence-corrected chi connectivity index (χ0v) is 29.5. The highest BCUT2D eigenvalue weighted by Crippen LogP contribution is 2.57. The molecule has 242 valence electrons. The molecule has 2 aliphatic carbocycles. The Morgan fingerprint density at radius 3 is 1.88 bits per heavy atom. The Bertz CT molecular complexity index is 2740. The van der Waals surface area contributed by atoms with Gasteiger partial charge in [0, 0.05) is 33.0 Å². The van der Waals surface area contributed by atoms with E-state index in [1.165, 1.54) is 66.4 Å². The second kappa shape index (κ2) is 9.98. The van der Waals surface area contributed by atoms with Crippen LogP contribution in [-0.4, -0.2) is 0 Å². The predicted octanol–water partition coefficient (Wildman–Crippen LogP) is 13.4. The van der Waals surface area contributed by atoms with Gasteiger partial charge in [-0.2, -0.15) is 0 Å². The van der Waals surface area contributed by atoms with Crippen molar-refractivity contribution in [3.05, 3.63) is 161 Å². The lowest BCUT2D eigenvalue weighted by Gasteiger charge is -2.29. The van der Waals surface area contributed by atoms with E-state index in [9.17, 15) is 0 Å². The maximum atomic E-state index is 6.64. The first-order chi connectivity index (χ1) is 24.1. The van der Waals surface area contributed by atoms with E-state index < -0.39 is 0 Å². The minimum absolute atomic E-state index is 0.0820. The van der Waals surface area contributed by atoms with E-state index in [1.54, 1.807) is 0 Å². The quantitative estimate of drug-likeness (QED) is 0.190. The molecule has 2 nitrogen and oxygen atoms in total. The molecule has 0 aliphatic heterocycles. The second-order valence-electron chi connectivity index (χ2n) is 15.5. The average molecular weight is 646 g/mol. The summed E-state index contributed by atoms with van der Waals surface area (Å²) < 4.78 is 6.64. The van der Waals surface area contributed by atoms with Gasteiger partial charge in [-0.05, 0) is 135 Å². The lowest BCUT2D eigenvalue weighted by Crippen LogP contribution is -2.18. The Morgan fingerprint density at radius 2 is 1.10 bits per heavy atom. The molecular weight excluding hydrogens is 607 g/mol. The van der Waals surface area contributed by atoms with Crippen molar-refractivity contribution in [3.63, 3.8) is 0 Å². The third-order valence-electron chi connectivity index (χ3n) is 11.8. The summed E-state index contributed by atoms with van der Waals surface area (Å²) in [6.07, 6.45) is 0. The Hall–Kier alpha value is -5.60. The van der Waals surface area contributed by atoms with Gasteiger partial charge in [0.15, 0.2) is 5.58 Å². The van der Waals surface area contributed by atoms with E-state index >= 15 is 0 Å². The van der Waals surface area contributed by atoms with Crippen molar-refractivity contribution in [2.75, 3.05) is 4.90 Å². The fraction of sp³-hybridized carbons (Fsp3) is 0.167. The number of furan rings is 1. The number of para-hydroxylation sites is 2. The lowest BCUT2D eigenvalue weighted by atomic mass is 9.79. The number of fused-ring (bicyclic) bond motifs is 10. The minimum atomic E-state index is -0.182. The first-order valence-electron chi connectivity index (χ1n) is 17.8. The Labute approximate surface area is 293 Å². The molecule has 1 aromatic heterocycles. The number of hydrogen-bond acceptors (Lipinski definition) is 2. The lowest BCUT2D eigenvalue weighted by molar-refractivity contribution is 0.652. The monoisotopic (exact) mass is 645 g/mol. The smallest absolute Gasteiger partial charge is 0.159 e. The van der Waals surface area contributed by atoms with Crippen molar-refractivity contribution in [1.29, 1.82) is 0 Å². The molecule has 0 spiro atoms. The van der Waals surface area contributed by atoms with Crippen molar-refractivity contribution in [2.24, 2.45) is 0 Å². The van der Waals surface area contributed by atoms with Gasteiger partial charge in [-0.1, -0.05) is 100 Å². The highest BCUT2D eigenvalue weighted by molar-refractivity contribution is 6.10. The largest absolute Gasteiger partial charge is 0.454 e. The Morgan fingerprint density at radius 1 is 0.480 bits per heavy atom. The molecule has 0 atom stereocenters. The van der Waals surface area contributed by atoms with Crippen LogP contribution in [0.1, 0.15) is 61.1 Å². The molecule has 0 amide bonds. The van der Waals surface area contributed by atoms with Crippen LogP contribution in [0, 0.1) is 13.8 Å². The van der Waals surface area contributed by atoms with Crippen molar-refractivity contribution >= 4 is 49.8 Å². The van der Waals surface area contributed by atoms with Gasteiger partial charge in [0.25, 0.3) is 0 Å². The van der Waals surface area contributed by atoms with Crippen LogP contribution in [0.25, 0.3) is 55.0 Å². The molecule has 2 heteroatoms. The van der Waals surface area contributed by atoms with Crippen LogP contribution in [-0.2, 0) is 10.8 Å². The van der Waals surface area contributed by atoms with Crippen LogP contribution in [0.4, 0.5) is 17.1 Å². The number of benzene rings is 7. The number of nitrogens with zero attached hydrogens (tertiary/aromatic N) is 1. The molecule has 50 heavy (non-hydrogen) atoms. The van der Waals surface area contributed by atoms with Gasteiger partial charge in [-0.15, -0.1) is 0 Å². The van der Waals surface area contributed by atoms with E-state index in [2.05, 4.69) is 168 Å². The molecule has 0 fully saturated rings. The molecule has 0 saturated heterocycles. The van der Waals surface area contributed by atoms with Crippen LogP contribution in [0.5, 0.6) is 0 Å². The van der Waals surface area contributed by atoms with E-state index in [0.29, 0.717) is 0 Å². The van der Waals surface area contributed by atoms with Gasteiger partial charge >= 0.3 is 0 Å². The molecule has 0 N–H and O–H groups in total. The fourth-order valence-corrected chi connectivity index (χ4v) is 9.05. The summed E-state index contributed by atoms with van der Waals surface area (Å²) in [4.78, 5) is 2.41. The number of aryl methyl sites for hydroxylation is 2. The van der Waals surface area contributed by atoms with Crippen molar-refractivity contribution in [1.82, 2.24) is 0 Å². The maximum Gasteiger partial charge on any atom is 0.159 e. The molecule has 7 aromatic carbocycles. The molecule has 1 heterocycles. The summed E-state index contributed by atoms with van der Waals surface area (Å²) in [6, 6.07) is 47.4. The predicted molar refractivity (Wildman–Crippen MR) is 211 cm³/mol. The zero-order chi connectivity index (χ0) is 34.1. The minimum Gasteiger partial charge on any atom is -0.454 e. The Balaban J connectivity index is 1.17. The number of anilines is 3. The van der Waals surface area contributed by atoms with Gasteiger partial charge in [-0.3, -0.25) is 0 Å². The van der Waals surface area contributed by atoms with E-state index in [1.807, 2.05) is 6.07 Å². The van der Waals surface area contributed by atoms with Crippen LogP contribution in [0.15, 0.2) is 132 Å². The third-order valence-corrected chi connectivity index (χ3v) is 11.8. The average Bonchev–Trinajstić information content (AvgIpc) is 3.68. The standard InChI is InChI=1S/C48H39NO/c1-28-18-19-29(2)44(22-28)49(43-16-11-15-35-34-14-9-10-17-45(34)50-46(35)43)32-20-21-33-37-26-42-38(27-41(37)48(5,6)40(33)25-32)36-23-30-12-7-8-13-31(30)24-39(36)47(42,3)4/h7-27H,1-6H3. The Kier molecular flexibility index (Phi) is 5.86. The summed E-state index contributed by atoms with van der Waals surface area (Å²) in [6.45, 7) is 14.0. The first-order valence-corrected chi connectivity index (χ1v) is 17.8. The molecule has 0 saturated carbocycles. The topological polar surface area (TPSA) is 16.4 Å². The summed E-state index contributed by atoms with van der Waals surface area (Å²) in [7, 11) is 0. The summed E-state index contributed by atoms with van der Waals surface area (Å²) in [5.74, 6) is 0. The van der Waals surface area contributed by atoms with E-state index in [-0.39, 0.29) is 10.8 Å². The molecule has 2 aliphatic rings. The van der Waals surface area contributed by atoms with Gasteiger partial charge in [0.2, 0.25) is 0 Å². The summed E-state index contributed by atoms with van der Waals surface area (Å²) in [5, 5.41) is 4.88. The number of hydrogen-bond donors (Lipinski definition) is 0. The highest BCUT2D eigenvalue weighted by atomic mass is 16.3. The molecule has 10 rings (SSSR count). The van der Waals surface area contributed by atoms with Crippen LogP contribution >= 0.6 is 0 Å². The normalized spacial score (nSPS) is 14.9. The second-order valence-corrected chi connectivity index (χ2v) is 15.5. The van der Waals surface area contributed by atoms with Gasteiger partial charge < -0.3 is 9.32 Å². The molecule has 0 unspecified atom stereocenters. The van der Waals surface area contributed by atoms with Crippen LogP contribution < -0.4 is 4.90 Å². The van der Waals surface area contributed by atoms with Crippen molar-refractivity contribution < 1.29 is 4.42 Å². The van der Waals surface area contributed by atoms with E-state index in [4.69, 9.17) is 4.42 Å². The summed E-state index contributed by atoms with van der Waals surface area (Å²) >= 11 is 0. The zero-order valence-electron chi connectivity index (χ0n) is 29.5. The maximum absolute atomic E-state index is 6.64. The SMILES string of the molecule is Cc1ccc(C)c(N(c2ccc3c(c2)C(C)(C)c2cc4c(cc2-3)C(C)(C)c2cc3ccccc3cc2-4)c2cccc3c2oc2ccccc23)c1.